The van der Waals surface area contributed by atoms with Crippen LogP contribution in [0.2, 0.25) is 0 Å². The van der Waals surface area contributed by atoms with E-state index in [9.17, 15) is 13.2 Å². The Morgan fingerprint density at radius 1 is 1.26 bits per heavy atom. The van der Waals surface area contributed by atoms with Crippen molar-refractivity contribution in [3.63, 3.8) is 0 Å². The lowest BCUT2D eigenvalue weighted by molar-refractivity contribution is -0.137. The fourth-order valence-electron chi connectivity index (χ4n) is 1.70. The molecule has 4 nitrogen and oxygen atoms in total. The molecular formula is C12H12F3N3O. The fraction of sp³-hybridized carbons (Fsp3) is 0.250. The zero-order chi connectivity index (χ0) is 14.0. The molecule has 0 amide bonds. The number of aliphatic hydroxyl groups is 1. The van der Waals surface area contributed by atoms with Crippen LogP contribution in [0, 0.1) is 0 Å². The number of aromatic nitrogens is 2. The van der Waals surface area contributed by atoms with Crippen molar-refractivity contribution in [2.45, 2.75) is 12.7 Å². The van der Waals surface area contributed by atoms with Crippen LogP contribution >= 0.6 is 0 Å². The molecule has 0 unspecified atom stereocenters. The number of nitrogens with two attached hydrogens (primary N) is 1. The van der Waals surface area contributed by atoms with E-state index in [1.807, 2.05) is 0 Å². The molecule has 0 saturated carbocycles. The van der Waals surface area contributed by atoms with E-state index in [-0.39, 0.29) is 13.2 Å². The molecule has 0 spiro atoms. The zero-order valence-electron chi connectivity index (χ0n) is 9.85. The number of hydrogen-bond donors (Lipinski definition) is 2. The van der Waals surface area contributed by atoms with E-state index in [1.165, 1.54) is 22.9 Å². The topological polar surface area (TPSA) is 64.1 Å². The Morgan fingerprint density at radius 3 is 2.63 bits per heavy atom. The molecule has 2 aromatic rings. The van der Waals surface area contributed by atoms with Crippen molar-refractivity contribution in [1.82, 2.24) is 9.78 Å². The summed E-state index contributed by atoms with van der Waals surface area (Å²) < 4.78 is 39.2. The molecule has 0 aliphatic heterocycles. The minimum absolute atomic E-state index is 0.145. The van der Waals surface area contributed by atoms with E-state index in [0.717, 1.165) is 12.1 Å². The first-order chi connectivity index (χ1) is 8.91. The molecule has 0 saturated heterocycles. The van der Waals surface area contributed by atoms with Crippen molar-refractivity contribution in [1.29, 1.82) is 0 Å². The third-order valence-electron chi connectivity index (χ3n) is 2.61. The van der Waals surface area contributed by atoms with Gasteiger partial charge in [0.2, 0.25) is 0 Å². The van der Waals surface area contributed by atoms with E-state index >= 15 is 0 Å². The Morgan fingerprint density at radius 2 is 2.00 bits per heavy atom. The lowest BCUT2D eigenvalue weighted by Gasteiger charge is -2.07. The number of alkyl halides is 3. The van der Waals surface area contributed by atoms with Crippen molar-refractivity contribution < 1.29 is 18.3 Å². The van der Waals surface area contributed by atoms with Crippen LogP contribution in [0.4, 0.5) is 19.0 Å². The minimum Gasteiger partial charge on any atom is -0.394 e. The van der Waals surface area contributed by atoms with Gasteiger partial charge in [-0.2, -0.15) is 18.3 Å². The lowest BCUT2D eigenvalue weighted by atomic mass is 10.1. The number of nitrogens with zero attached hydrogens (tertiary/aromatic N) is 2. The van der Waals surface area contributed by atoms with Gasteiger partial charge in [-0.15, -0.1) is 0 Å². The standard InChI is InChI=1S/C12H12F3N3O/c13-12(14,15)9-3-1-2-8(6-9)10-7-11(16)18(17-10)4-5-19/h1-3,6-7,19H,4-5,16H2. The second-order valence-corrected chi connectivity index (χ2v) is 3.98. The van der Waals surface area contributed by atoms with Crippen LogP contribution in [0.1, 0.15) is 5.56 Å². The molecule has 2 rings (SSSR count). The summed E-state index contributed by atoms with van der Waals surface area (Å²) >= 11 is 0. The van der Waals surface area contributed by atoms with Crippen LogP contribution < -0.4 is 5.73 Å². The average Bonchev–Trinajstić information content (AvgIpc) is 2.71. The van der Waals surface area contributed by atoms with E-state index in [4.69, 9.17) is 10.8 Å². The summed E-state index contributed by atoms with van der Waals surface area (Å²) in [7, 11) is 0. The molecule has 0 bridgehead atoms. The number of aliphatic hydroxyl groups excluding tert-OH is 1. The Labute approximate surface area is 107 Å². The van der Waals surface area contributed by atoms with Crippen LogP contribution in [0.5, 0.6) is 0 Å². The summed E-state index contributed by atoms with van der Waals surface area (Å²) in [5.41, 5.74) is 5.60. The zero-order valence-corrected chi connectivity index (χ0v) is 9.85. The largest absolute Gasteiger partial charge is 0.416 e. The predicted octanol–water partition coefficient (Wildman–Crippen LogP) is 2.14. The van der Waals surface area contributed by atoms with Gasteiger partial charge >= 0.3 is 6.18 Å². The Kier molecular flexibility index (Phi) is 3.48. The summed E-state index contributed by atoms with van der Waals surface area (Å²) in [5.74, 6) is 0.293. The SMILES string of the molecule is Nc1cc(-c2cccc(C(F)(F)F)c2)nn1CCO. The number of hydrogen-bond acceptors (Lipinski definition) is 3. The molecular weight excluding hydrogens is 259 g/mol. The van der Waals surface area contributed by atoms with Crippen LogP contribution in [-0.4, -0.2) is 21.5 Å². The maximum absolute atomic E-state index is 12.6. The average molecular weight is 271 g/mol. The van der Waals surface area contributed by atoms with E-state index < -0.39 is 11.7 Å². The van der Waals surface area contributed by atoms with Gasteiger partial charge in [-0.1, -0.05) is 12.1 Å². The predicted molar refractivity (Wildman–Crippen MR) is 64.2 cm³/mol. The first-order valence-electron chi connectivity index (χ1n) is 5.53. The summed E-state index contributed by atoms with van der Waals surface area (Å²) in [6.07, 6.45) is -4.39. The molecule has 0 radical (unpaired) electrons. The molecule has 102 valence electrons. The normalized spacial score (nSPS) is 11.8. The quantitative estimate of drug-likeness (QED) is 0.899. The first-order valence-corrected chi connectivity index (χ1v) is 5.53. The van der Waals surface area contributed by atoms with Gasteiger partial charge in [0.05, 0.1) is 24.4 Å². The van der Waals surface area contributed by atoms with Gasteiger partial charge in [-0.3, -0.25) is 0 Å². The maximum atomic E-state index is 12.6. The van der Waals surface area contributed by atoms with Crippen molar-refractivity contribution in [3.05, 3.63) is 35.9 Å². The Bertz CT molecular complexity index is 578. The molecule has 1 aromatic carbocycles. The van der Waals surface area contributed by atoms with E-state index in [0.29, 0.717) is 17.1 Å². The van der Waals surface area contributed by atoms with Gasteiger partial charge in [0.1, 0.15) is 5.82 Å². The van der Waals surface area contributed by atoms with Crippen LogP contribution in [-0.2, 0) is 12.7 Å². The van der Waals surface area contributed by atoms with E-state index in [2.05, 4.69) is 5.10 Å². The summed E-state index contributed by atoms with van der Waals surface area (Å²) in [6, 6.07) is 6.34. The van der Waals surface area contributed by atoms with Crippen molar-refractivity contribution >= 4 is 5.82 Å². The van der Waals surface area contributed by atoms with Gasteiger partial charge in [-0.05, 0) is 12.1 Å². The highest BCUT2D eigenvalue weighted by Gasteiger charge is 2.30. The fourth-order valence-corrected chi connectivity index (χ4v) is 1.70. The molecule has 19 heavy (non-hydrogen) atoms. The Hall–Kier alpha value is -2.02. The summed E-state index contributed by atoms with van der Waals surface area (Å²) in [6.45, 7) is 0.0543. The van der Waals surface area contributed by atoms with Crippen LogP contribution in [0.15, 0.2) is 30.3 Å². The highest BCUT2D eigenvalue weighted by molar-refractivity contribution is 5.63. The van der Waals surface area contributed by atoms with Gasteiger partial charge in [-0.25, -0.2) is 4.68 Å². The van der Waals surface area contributed by atoms with Crippen molar-refractivity contribution in [2.24, 2.45) is 0 Å². The minimum atomic E-state index is -4.39. The molecule has 0 aliphatic carbocycles. The van der Waals surface area contributed by atoms with Gasteiger partial charge in [0.15, 0.2) is 0 Å². The summed E-state index contributed by atoms with van der Waals surface area (Å²) in [4.78, 5) is 0. The molecule has 7 heteroatoms. The van der Waals surface area contributed by atoms with E-state index in [1.54, 1.807) is 0 Å². The molecule has 1 heterocycles. The van der Waals surface area contributed by atoms with Gasteiger partial charge < -0.3 is 10.8 Å². The Balaban J connectivity index is 2.39. The number of anilines is 1. The monoisotopic (exact) mass is 271 g/mol. The van der Waals surface area contributed by atoms with Gasteiger partial charge in [0, 0.05) is 11.6 Å². The number of nitrogen functional groups attached to an aromatic ring is 1. The highest BCUT2D eigenvalue weighted by Crippen LogP contribution is 2.32. The molecule has 0 atom stereocenters. The molecule has 0 fully saturated rings. The van der Waals surface area contributed by atoms with Crippen molar-refractivity contribution in [3.8, 4) is 11.3 Å². The number of halogens is 3. The summed E-state index contributed by atoms with van der Waals surface area (Å²) in [5, 5.41) is 12.9. The third-order valence-corrected chi connectivity index (χ3v) is 2.61. The van der Waals surface area contributed by atoms with Crippen LogP contribution in [0.25, 0.3) is 11.3 Å². The first kappa shape index (κ1) is 13.4. The van der Waals surface area contributed by atoms with Crippen molar-refractivity contribution in [2.75, 3.05) is 12.3 Å². The molecule has 0 aliphatic rings. The maximum Gasteiger partial charge on any atom is 0.416 e. The van der Waals surface area contributed by atoms with Gasteiger partial charge in [0.25, 0.3) is 0 Å². The second-order valence-electron chi connectivity index (χ2n) is 3.98. The highest BCUT2D eigenvalue weighted by atomic mass is 19.4. The smallest absolute Gasteiger partial charge is 0.394 e. The molecule has 1 aromatic heterocycles. The van der Waals surface area contributed by atoms with Crippen LogP contribution in [0.3, 0.4) is 0 Å². The third kappa shape index (κ3) is 2.87. The number of benzene rings is 1. The second kappa shape index (κ2) is 4.93. The lowest BCUT2D eigenvalue weighted by Crippen LogP contribution is -2.07. The number of rotatable bonds is 3. The molecule has 3 N–H and O–H groups in total.